The van der Waals surface area contributed by atoms with Gasteiger partial charge in [0.1, 0.15) is 5.82 Å². The van der Waals surface area contributed by atoms with Gasteiger partial charge >= 0.3 is 0 Å². The molecule has 1 aromatic carbocycles. The van der Waals surface area contributed by atoms with Crippen LogP contribution in [0.1, 0.15) is 29.8 Å². The molecular formula is C19H24ClN3O. The Hall–Kier alpha value is -1.65. The van der Waals surface area contributed by atoms with Crippen molar-refractivity contribution in [2.24, 2.45) is 5.41 Å². The lowest BCUT2D eigenvalue weighted by Crippen LogP contribution is -2.47. The van der Waals surface area contributed by atoms with Gasteiger partial charge in [0.05, 0.1) is 18.0 Å². The normalized spacial score (nSPS) is 21.1. The minimum Gasteiger partial charge on any atom is -0.396 e. The minimum atomic E-state index is -0.166. The van der Waals surface area contributed by atoms with Crippen LogP contribution in [-0.2, 0) is 6.42 Å². The summed E-state index contributed by atoms with van der Waals surface area (Å²) in [6.45, 7) is 5.86. The van der Waals surface area contributed by atoms with Crippen LogP contribution in [-0.4, -0.2) is 34.8 Å². The van der Waals surface area contributed by atoms with Crippen molar-refractivity contribution in [2.75, 3.05) is 24.6 Å². The van der Waals surface area contributed by atoms with E-state index >= 15 is 0 Å². The lowest BCUT2D eigenvalue weighted by atomic mass is 9.75. The molecule has 1 atom stereocenters. The largest absolute Gasteiger partial charge is 0.396 e. The number of halogens is 1. The molecule has 2 aromatic rings. The van der Waals surface area contributed by atoms with Gasteiger partial charge in [0.2, 0.25) is 0 Å². The van der Waals surface area contributed by atoms with Gasteiger partial charge < -0.3 is 10.0 Å². The van der Waals surface area contributed by atoms with Crippen LogP contribution in [0.5, 0.6) is 0 Å². The fraction of sp³-hybridized carbons (Fsp3) is 0.474. The summed E-state index contributed by atoms with van der Waals surface area (Å²) in [5.74, 6) is 0.943. The first-order chi connectivity index (χ1) is 11.5. The summed E-state index contributed by atoms with van der Waals surface area (Å²) in [6.07, 6.45) is 4.66. The van der Waals surface area contributed by atoms with E-state index in [0.717, 1.165) is 54.6 Å². The maximum Gasteiger partial charge on any atom is 0.150 e. The molecule has 1 aromatic heterocycles. The molecule has 4 nitrogen and oxygen atoms in total. The Bertz CT molecular complexity index is 722. The summed E-state index contributed by atoms with van der Waals surface area (Å²) >= 11 is 6.12. The molecule has 24 heavy (non-hydrogen) atoms. The Morgan fingerprint density at radius 2 is 2.17 bits per heavy atom. The van der Waals surface area contributed by atoms with Gasteiger partial charge in [-0.05, 0) is 50.8 Å². The fourth-order valence-electron chi connectivity index (χ4n) is 3.62. The Balaban J connectivity index is 1.85. The third kappa shape index (κ3) is 3.70. The Labute approximate surface area is 148 Å². The smallest absolute Gasteiger partial charge is 0.150 e. The first-order valence-corrected chi connectivity index (χ1v) is 8.80. The molecule has 0 saturated carbocycles. The van der Waals surface area contributed by atoms with E-state index in [1.54, 1.807) is 6.20 Å². The van der Waals surface area contributed by atoms with Gasteiger partial charge in [0.15, 0.2) is 0 Å². The van der Waals surface area contributed by atoms with Gasteiger partial charge in [-0.3, -0.25) is 4.98 Å². The number of aryl methyl sites for hydroxylation is 2. The van der Waals surface area contributed by atoms with Crippen molar-refractivity contribution in [1.29, 1.82) is 0 Å². The summed E-state index contributed by atoms with van der Waals surface area (Å²) < 4.78 is 0. The van der Waals surface area contributed by atoms with Gasteiger partial charge in [0, 0.05) is 29.7 Å². The number of hydrogen-bond acceptors (Lipinski definition) is 4. The molecule has 128 valence electrons. The molecule has 0 spiro atoms. The maximum atomic E-state index is 10.2. The van der Waals surface area contributed by atoms with E-state index in [4.69, 9.17) is 11.6 Å². The number of aliphatic hydroxyl groups is 1. The number of rotatable bonds is 4. The quantitative estimate of drug-likeness (QED) is 0.920. The van der Waals surface area contributed by atoms with Gasteiger partial charge in [-0.2, -0.15) is 0 Å². The van der Waals surface area contributed by atoms with Gasteiger partial charge in [-0.1, -0.05) is 23.7 Å². The summed E-state index contributed by atoms with van der Waals surface area (Å²) in [5, 5.41) is 10.9. The van der Waals surface area contributed by atoms with Crippen molar-refractivity contribution in [2.45, 2.75) is 33.1 Å². The van der Waals surface area contributed by atoms with Crippen molar-refractivity contribution < 1.29 is 5.11 Å². The molecule has 0 bridgehead atoms. The third-order valence-corrected chi connectivity index (χ3v) is 5.05. The highest BCUT2D eigenvalue weighted by molar-refractivity contribution is 6.30. The second kappa shape index (κ2) is 7.08. The van der Waals surface area contributed by atoms with E-state index in [2.05, 4.69) is 20.9 Å². The number of benzene rings is 1. The van der Waals surface area contributed by atoms with E-state index in [1.165, 1.54) is 5.56 Å². The summed E-state index contributed by atoms with van der Waals surface area (Å²) in [7, 11) is 0. The predicted molar refractivity (Wildman–Crippen MR) is 97.6 cm³/mol. The maximum absolute atomic E-state index is 10.2. The lowest BCUT2D eigenvalue weighted by Gasteiger charge is -2.43. The van der Waals surface area contributed by atoms with E-state index in [1.807, 2.05) is 32.0 Å². The number of aromatic nitrogens is 2. The topological polar surface area (TPSA) is 49.2 Å². The highest BCUT2D eigenvalue weighted by atomic mass is 35.5. The van der Waals surface area contributed by atoms with Crippen molar-refractivity contribution in [1.82, 2.24) is 9.97 Å². The molecule has 1 saturated heterocycles. The Morgan fingerprint density at radius 3 is 2.92 bits per heavy atom. The highest BCUT2D eigenvalue weighted by Gasteiger charge is 2.36. The van der Waals surface area contributed by atoms with E-state index in [0.29, 0.717) is 0 Å². The van der Waals surface area contributed by atoms with Gasteiger partial charge in [0.25, 0.3) is 0 Å². The van der Waals surface area contributed by atoms with Crippen LogP contribution < -0.4 is 4.90 Å². The van der Waals surface area contributed by atoms with E-state index in [-0.39, 0.29) is 12.0 Å². The molecule has 1 aliphatic rings. The number of nitrogens with zero attached hydrogens (tertiary/aromatic N) is 3. The number of anilines is 1. The average molecular weight is 346 g/mol. The van der Waals surface area contributed by atoms with Crippen LogP contribution in [0.15, 0.2) is 30.5 Å². The molecule has 5 heteroatoms. The van der Waals surface area contributed by atoms with Crippen LogP contribution in [0.3, 0.4) is 0 Å². The second-order valence-corrected chi connectivity index (χ2v) is 7.35. The number of piperidine rings is 1. The lowest BCUT2D eigenvalue weighted by molar-refractivity contribution is 0.105. The zero-order valence-electron chi connectivity index (χ0n) is 14.3. The molecule has 1 aliphatic heterocycles. The van der Waals surface area contributed by atoms with Crippen LogP contribution in [0, 0.1) is 19.3 Å². The van der Waals surface area contributed by atoms with Crippen LogP contribution >= 0.6 is 11.6 Å². The molecule has 1 unspecified atom stereocenters. The zero-order valence-corrected chi connectivity index (χ0v) is 15.1. The van der Waals surface area contributed by atoms with Gasteiger partial charge in [-0.15, -0.1) is 0 Å². The SMILES string of the molecule is Cc1cnc(C)c(N2CCCC(CO)(Cc3cccc(Cl)c3)C2)n1. The Kier molecular flexibility index (Phi) is 5.07. The molecule has 0 aliphatic carbocycles. The number of hydrogen-bond donors (Lipinski definition) is 1. The summed E-state index contributed by atoms with van der Waals surface area (Å²) in [4.78, 5) is 11.4. The van der Waals surface area contributed by atoms with Crippen molar-refractivity contribution in [3.63, 3.8) is 0 Å². The molecule has 1 fully saturated rings. The summed E-state index contributed by atoms with van der Waals surface area (Å²) in [5.41, 5.74) is 2.87. The Morgan fingerprint density at radius 1 is 1.33 bits per heavy atom. The van der Waals surface area contributed by atoms with Crippen LogP contribution in [0.4, 0.5) is 5.82 Å². The predicted octanol–water partition coefficient (Wildman–Crippen LogP) is 3.57. The van der Waals surface area contributed by atoms with E-state index < -0.39 is 0 Å². The molecule has 3 rings (SSSR count). The minimum absolute atomic E-state index is 0.161. The molecule has 2 heterocycles. The van der Waals surface area contributed by atoms with Crippen molar-refractivity contribution in [3.05, 3.63) is 52.4 Å². The number of aliphatic hydroxyl groups excluding tert-OH is 1. The summed E-state index contributed by atoms with van der Waals surface area (Å²) in [6, 6.07) is 7.94. The first-order valence-electron chi connectivity index (χ1n) is 8.42. The van der Waals surface area contributed by atoms with Crippen LogP contribution in [0.2, 0.25) is 5.02 Å². The van der Waals surface area contributed by atoms with E-state index in [9.17, 15) is 5.11 Å². The average Bonchev–Trinajstić information content (AvgIpc) is 2.57. The molecule has 0 amide bonds. The zero-order chi connectivity index (χ0) is 17.2. The van der Waals surface area contributed by atoms with Crippen molar-refractivity contribution >= 4 is 17.4 Å². The van der Waals surface area contributed by atoms with Crippen molar-refractivity contribution in [3.8, 4) is 0 Å². The molecule has 0 radical (unpaired) electrons. The molecular weight excluding hydrogens is 322 g/mol. The van der Waals surface area contributed by atoms with Gasteiger partial charge in [-0.25, -0.2) is 4.98 Å². The second-order valence-electron chi connectivity index (χ2n) is 6.91. The third-order valence-electron chi connectivity index (χ3n) is 4.82. The fourth-order valence-corrected chi connectivity index (χ4v) is 3.84. The molecule has 1 N–H and O–H groups in total. The highest BCUT2D eigenvalue weighted by Crippen LogP contribution is 2.36. The van der Waals surface area contributed by atoms with Crippen LogP contribution in [0.25, 0.3) is 0 Å². The first kappa shape index (κ1) is 17.2. The standard InChI is InChI=1S/C19H24ClN3O/c1-14-11-21-15(2)18(22-14)23-8-4-7-19(12-23,13-24)10-16-5-3-6-17(20)9-16/h3,5-6,9,11,24H,4,7-8,10,12-13H2,1-2H3. The monoisotopic (exact) mass is 345 g/mol.